The SMILES string of the molecule is [Br-].[Mg+2].[O-][Si](c1cccc(F)c1F)(c1cccc(F)c1F)c1cccc(F)c1F. The van der Waals surface area contributed by atoms with Crippen molar-refractivity contribution < 1.29 is 48.1 Å². The number of hydrogen-bond acceptors (Lipinski definition) is 1. The Labute approximate surface area is 184 Å². The molecule has 0 radical (unpaired) electrons. The van der Waals surface area contributed by atoms with Crippen LogP contribution in [-0.2, 0) is 0 Å². The Hall–Kier alpha value is -1.34. The molecule has 0 atom stereocenters. The molecule has 0 heterocycles. The van der Waals surface area contributed by atoms with Gasteiger partial charge in [-0.25, -0.2) is 26.3 Å². The van der Waals surface area contributed by atoms with Gasteiger partial charge in [-0.05, 0) is 33.8 Å². The van der Waals surface area contributed by atoms with E-state index in [9.17, 15) is 31.1 Å². The van der Waals surface area contributed by atoms with Crippen molar-refractivity contribution in [1.29, 1.82) is 0 Å². The van der Waals surface area contributed by atoms with Crippen molar-refractivity contribution in [2.24, 2.45) is 0 Å². The molecule has 0 aliphatic carbocycles. The van der Waals surface area contributed by atoms with Crippen molar-refractivity contribution in [3.05, 3.63) is 89.5 Å². The second kappa shape index (κ2) is 9.44. The van der Waals surface area contributed by atoms with Gasteiger partial charge in [0.25, 0.3) is 0 Å². The van der Waals surface area contributed by atoms with Crippen molar-refractivity contribution in [3.63, 3.8) is 0 Å². The number of hydrogen-bond donors (Lipinski definition) is 0. The molecule has 0 bridgehead atoms. The van der Waals surface area contributed by atoms with Crippen LogP contribution in [0.3, 0.4) is 0 Å². The van der Waals surface area contributed by atoms with E-state index in [1.54, 1.807) is 0 Å². The molecule has 0 aliphatic heterocycles. The quantitative estimate of drug-likeness (QED) is 0.250. The molecule has 10 heteroatoms. The maximum Gasteiger partial charge on any atom is 2.00 e. The van der Waals surface area contributed by atoms with Crippen molar-refractivity contribution in [2.75, 3.05) is 0 Å². The van der Waals surface area contributed by atoms with Gasteiger partial charge in [0.05, 0.1) is 8.32 Å². The summed E-state index contributed by atoms with van der Waals surface area (Å²) >= 11 is 0. The van der Waals surface area contributed by atoms with Gasteiger partial charge >= 0.3 is 23.1 Å². The second-order valence-electron chi connectivity index (χ2n) is 5.49. The summed E-state index contributed by atoms with van der Waals surface area (Å²) in [6, 6.07) is 7.73. The van der Waals surface area contributed by atoms with Crippen LogP contribution in [0.5, 0.6) is 0 Å². The number of halogens is 7. The molecule has 0 unspecified atom stereocenters. The van der Waals surface area contributed by atoms with Gasteiger partial charge in [0.15, 0.2) is 34.9 Å². The Kier molecular flexibility index (Phi) is 8.33. The molecule has 142 valence electrons. The van der Waals surface area contributed by atoms with Crippen molar-refractivity contribution in [3.8, 4) is 0 Å². The first kappa shape index (κ1) is 24.7. The molecule has 1 nitrogen and oxygen atoms in total. The Morgan fingerprint density at radius 2 is 0.786 bits per heavy atom. The zero-order valence-electron chi connectivity index (χ0n) is 14.0. The van der Waals surface area contributed by atoms with Crippen LogP contribution in [0.2, 0.25) is 0 Å². The van der Waals surface area contributed by atoms with E-state index in [1.165, 1.54) is 0 Å². The van der Waals surface area contributed by atoms with Gasteiger partial charge in [0.2, 0.25) is 0 Å². The van der Waals surface area contributed by atoms with Gasteiger partial charge in [-0.2, -0.15) is 0 Å². The van der Waals surface area contributed by atoms with Gasteiger partial charge in [-0.1, -0.05) is 36.4 Å². The van der Waals surface area contributed by atoms with E-state index < -0.39 is 58.8 Å². The monoisotopic (exact) mass is 486 g/mol. The fraction of sp³-hybridized carbons (Fsp3) is 0. The van der Waals surface area contributed by atoms with Crippen molar-refractivity contribution in [1.82, 2.24) is 0 Å². The van der Waals surface area contributed by atoms with Crippen molar-refractivity contribution in [2.45, 2.75) is 0 Å². The summed E-state index contributed by atoms with van der Waals surface area (Å²) in [4.78, 5) is 13.7. The predicted molar refractivity (Wildman–Crippen MR) is 89.5 cm³/mol. The maximum absolute atomic E-state index is 14.4. The molecule has 0 saturated heterocycles. The van der Waals surface area contributed by atoms with E-state index in [0.717, 1.165) is 54.6 Å². The first-order valence-electron chi connectivity index (χ1n) is 7.32. The van der Waals surface area contributed by atoms with E-state index in [2.05, 4.69) is 0 Å². The normalized spacial score (nSPS) is 10.8. The summed E-state index contributed by atoms with van der Waals surface area (Å²) in [6.07, 6.45) is 0. The molecule has 0 amide bonds. The van der Waals surface area contributed by atoms with Crippen molar-refractivity contribution >= 4 is 46.9 Å². The van der Waals surface area contributed by atoms with Crippen LogP contribution in [0, 0.1) is 34.9 Å². The molecule has 0 N–H and O–H groups in total. The average Bonchev–Trinajstić information content (AvgIpc) is 2.61. The molecular weight excluding hydrogens is 478 g/mol. The van der Waals surface area contributed by atoms with Crippen LogP contribution in [0.25, 0.3) is 0 Å². The topological polar surface area (TPSA) is 23.1 Å². The van der Waals surface area contributed by atoms with Crippen LogP contribution in [0.4, 0.5) is 26.3 Å². The second-order valence-corrected chi connectivity index (χ2v) is 8.46. The zero-order valence-corrected chi connectivity index (χ0v) is 18.0. The molecule has 3 rings (SSSR count). The third-order valence-electron chi connectivity index (χ3n) is 3.99. The van der Waals surface area contributed by atoms with E-state index in [1.807, 2.05) is 0 Å². The molecule has 28 heavy (non-hydrogen) atoms. The minimum absolute atomic E-state index is 0. The minimum atomic E-state index is -5.20. The Balaban J connectivity index is 0.00000196. The molecule has 0 spiro atoms. The number of rotatable bonds is 3. The molecule has 3 aromatic rings. The number of benzene rings is 3. The molecule has 3 aromatic carbocycles. The first-order chi connectivity index (χ1) is 12.3. The van der Waals surface area contributed by atoms with Crippen LogP contribution in [0.1, 0.15) is 0 Å². The summed E-state index contributed by atoms with van der Waals surface area (Å²) in [5.74, 6) is -9.07. The van der Waals surface area contributed by atoms with Crippen LogP contribution in [0.15, 0.2) is 54.6 Å². The fourth-order valence-electron chi connectivity index (χ4n) is 2.76. The standard InChI is InChI=1S/C18H9F6OSi.BrH.Mg/c19-10-4-1-7-13(16(10)22)26(25,14-8-2-5-11(20)17(14)23)15-9-3-6-12(21)18(15)24;;/h1-9H;1H;/q-1;;+2/p-1. The zero-order chi connectivity index (χ0) is 19.1. The smallest absolute Gasteiger partial charge is 1.00 e. The van der Waals surface area contributed by atoms with E-state index in [-0.39, 0.29) is 40.0 Å². The summed E-state index contributed by atoms with van der Waals surface area (Å²) in [5.41, 5.74) is 0. The van der Waals surface area contributed by atoms with Crippen LogP contribution >= 0.6 is 0 Å². The Morgan fingerprint density at radius 3 is 1.04 bits per heavy atom. The van der Waals surface area contributed by atoms with Gasteiger partial charge in [-0.3, -0.25) is 0 Å². The largest absolute Gasteiger partial charge is 2.00 e. The summed E-state index contributed by atoms with van der Waals surface area (Å²) < 4.78 is 84.1. The molecule has 0 aliphatic rings. The Morgan fingerprint density at radius 1 is 0.536 bits per heavy atom. The van der Waals surface area contributed by atoms with Gasteiger partial charge in [0.1, 0.15) is 0 Å². The molecular formula is C18H9BrF6MgOSi. The average molecular weight is 488 g/mol. The van der Waals surface area contributed by atoms with Gasteiger partial charge in [0, 0.05) is 0 Å². The third-order valence-corrected chi connectivity index (χ3v) is 7.43. The molecule has 0 saturated carbocycles. The molecule has 0 aromatic heterocycles. The fourth-order valence-corrected chi connectivity index (χ4v) is 5.91. The minimum Gasteiger partial charge on any atom is -1.00 e. The summed E-state index contributed by atoms with van der Waals surface area (Å²) in [7, 11) is -5.20. The third kappa shape index (κ3) is 4.01. The van der Waals surface area contributed by atoms with Crippen LogP contribution in [-0.4, -0.2) is 31.4 Å². The van der Waals surface area contributed by atoms with Crippen LogP contribution < -0.4 is 37.3 Å². The predicted octanol–water partition coefficient (Wildman–Crippen LogP) is -1.53. The van der Waals surface area contributed by atoms with E-state index in [4.69, 9.17) is 0 Å². The summed E-state index contributed by atoms with van der Waals surface area (Å²) in [5, 5.41) is -2.61. The van der Waals surface area contributed by atoms with Gasteiger partial charge < -0.3 is 21.8 Å². The van der Waals surface area contributed by atoms with E-state index >= 15 is 0 Å². The summed E-state index contributed by atoms with van der Waals surface area (Å²) in [6.45, 7) is 0. The first-order valence-corrected chi connectivity index (χ1v) is 9.23. The van der Waals surface area contributed by atoms with E-state index in [0.29, 0.717) is 0 Å². The maximum atomic E-state index is 14.4. The molecule has 0 fully saturated rings. The van der Waals surface area contributed by atoms with Gasteiger partial charge in [-0.15, -0.1) is 0 Å². The Bertz CT molecular complexity index is 879.